The summed E-state index contributed by atoms with van der Waals surface area (Å²) in [7, 11) is 0. The molecule has 0 radical (unpaired) electrons. The Morgan fingerprint density at radius 3 is 1.68 bits per heavy atom. The monoisotopic (exact) mass is 524 g/mol. The normalized spacial score (nSPS) is 12.7. The Kier molecular flexibility index (Phi) is 5.90. The third-order valence-electron chi connectivity index (χ3n) is 6.78. The molecule has 0 amide bonds. The van der Waals surface area contributed by atoms with Crippen molar-refractivity contribution >= 4 is 47.6 Å². The van der Waals surface area contributed by atoms with Gasteiger partial charge in [-0.2, -0.15) is 0 Å². The number of hydrogen-bond donors (Lipinski definition) is 0. The molecule has 0 saturated heterocycles. The van der Waals surface area contributed by atoms with Gasteiger partial charge in [0.1, 0.15) is 0 Å². The predicted molar refractivity (Wildman–Crippen MR) is 150 cm³/mol. The molecule has 2 nitrogen and oxygen atoms in total. The maximum absolute atomic E-state index is 9.48. The summed E-state index contributed by atoms with van der Waals surface area (Å²) in [5.41, 5.74) is 3.07. The van der Waals surface area contributed by atoms with E-state index in [9.17, 15) is 5.26 Å². The molecule has 0 unspecified atom stereocenters. The fourth-order valence-corrected chi connectivity index (χ4v) is 12.7. The summed E-state index contributed by atoms with van der Waals surface area (Å²) in [5.74, 6) is 0. The first-order valence-electron chi connectivity index (χ1n) is 11.5. The number of nitriles is 1. The van der Waals surface area contributed by atoms with Crippen LogP contribution in [-0.4, -0.2) is 4.57 Å². The SMILES string of the molecule is CCn1c(CP(Br)(c2ccccc2)(c2ccccc2)c2ccccc2)cc2ccc(C#N)cc21. The number of aromatic nitrogens is 1. The van der Waals surface area contributed by atoms with Gasteiger partial charge in [0.15, 0.2) is 0 Å². The summed E-state index contributed by atoms with van der Waals surface area (Å²) in [6, 6.07) is 43.2. The van der Waals surface area contributed by atoms with Crippen molar-refractivity contribution in [1.82, 2.24) is 4.57 Å². The van der Waals surface area contributed by atoms with E-state index >= 15 is 0 Å². The first kappa shape index (κ1) is 22.6. The Labute approximate surface area is 209 Å². The van der Waals surface area contributed by atoms with Crippen LogP contribution in [0.25, 0.3) is 10.9 Å². The molecule has 0 fully saturated rings. The van der Waals surface area contributed by atoms with Crippen LogP contribution in [0.3, 0.4) is 0 Å². The molecule has 0 N–H and O–H groups in total. The predicted octanol–water partition coefficient (Wildman–Crippen LogP) is 6.87. The molecule has 0 spiro atoms. The standard InChI is InChI=1S/C30H26BrN2P/c1-2-33-26(21-25-19-18-24(22-32)20-30(25)33)23-34(31,27-12-6-3-7-13-27,28-14-8-4-9-15-28)29-16-10-5-11-17-29/h3-21H,2,23H2,1H3. The third-order valence-corrected chi connectivity index (χ3v) is 16.3. The quantitative estimate of drug-likeness (QED) is 0.223. The van der Waals surface area contributed by atoms with Gasteiger partial charge in [0.25, 0.3) is 0 Å². The van der Waals surface area contributed by atoms with Crippen LogP contribution in [0.4, 0.5) is 0 Å². The van der Waals surface area contributed by atoms with Crippen LogP contribution in [0.5, 0.6) is 0 Å². The summed E-state index contributed by atoms with van der Waals surface area (Å²) in [5, 5.41) is 11.5. The second-order valence-electron chi connectivity index (χ2n) is 8.61. The average molecular weight is 525 g/mol. The number of fused-ring (bicyclic) bond motifs is 1. The molecule has 5 aromatic rings. The van der Waals surface area contributed by atoms with Crippen LogP contribution in [0.2, 0.25) is 0 Å². The van der Waals surface area contributed by atoms with E-state index in [1.807, 2.05) is 12.1 Å². The molecule has 4 aromatic carbocycles. The van der Waals surface area contributed by atoms with Crippen molar-refractivity contribution in [3.63, 3.8) is 0 Å². The first-order valence-corrected chi connectivity index (χ1v) is 15.9. The van der Waals surface area contributed by atoms with E-state index in [-0.39, 0.29) is 0 Å². The summed E-state index contributed by atoms with van der Waals surface area (Å²) < 4.78 is 2.37. The van der Waals surface area contributed by atoms with Gasteiger partial charge in [0.2, 0.25) is 0 Å². The molecule has 4 heteroatoms. The van der Waals surface area contributed by atoms with Crippen LogP contribution in [-0.2, 0) is 12.7 Å². The maximum atomic E-state index is 9.48. The summed E-state index contributed by atoms with van der Waals surface area (Å²) in [6.07, 6.45) is 0.827. The van der Waals surface area contributed by atoms with Crippen LogP contribution in [0.1, 0.15) is 18.2 Å². The number of benzene rings is 4. The third kappa shape index (κ3) is 3.50. The van der Waals surface area contributed by atoms with Crippen molar-refractivity contribution in [2.45, 2.75) is 19.6 Å². The molecule has 1 aromatic heterocycles. The second-order valence-corrected chi connectivity index (χ2v) is 17.5. The van der Waals surface area contributed by atoms with E-state index < -0.39 is 5.31 Å². The van der Waals surface area contributed by atoms with Crippen LogP contribution >= 0.6 is 20.8 Å². The van der Waals surface area contributed by atoms with Crippen LogP contribution < -0.4 is 15.9 Å². The molecule has 0 aliphatic heterocycles. The molecule has 0 saturated carbocycles. The molecular formula is C30H26BrN2P. The second kappa shape index (κ2) is 8.88. The Hall–Kier alpha value is -3.18. The Morgan fingerprint density at radius 2 is 1.24 bits per heavy atom. The van der Waals surface area contributed by atoms with E-state index in [0.717, 1.165) is 18.2 Å². The van der Waals surface area contributed by atoms with Gasteiger partial charge in [0.05, 0.1) is 0 Å². The Bertz CT molecular complexity index is 1390. The van der Waals surface area contributed by atoms with Gasteiger partial charge in [0, 0.05) is 0 Å². The van der Waals surface area contributed by atoms with Gasteiger partial charge in [-0.15, -0.1) is 0 Å². The molecule has 0 aliphatic carbocycles. The van der Waals surface area contributed by atoms with E-state index in [2.05, 4.69) is 136 Å². The van der Waals surface area contributed by atoms with Gasteiger partial charge in [-0.05, 0) is 0 Å². The van der Waals surface area contributed by atoms with E-state index in [1.54, 1.807) is 0 Å². The molecule has 0 atom stereocenters. The summed E-state index contributed by atoms with van der Waals surface area (Å²) in [6.45, 7) is 3.02. The molecular weight excluding hydrogens is 499 g/mol. The minimum atomic E-state index is -3.09. The number of hydrogen-bond acceptors (Lipinski definition) is 1. The average Bonchev–Trinajstić information content (AvgIpc) is 3.25. The zero-order chi connectivity index (χ0) is 23.6. The Balaban J connectivity index is 1.86. The molecule has 1 heterocycles. The number of nitrogens with zero attached hydrogens (tertiary/aromatic N) is 2. The van der Waals surface area contributed by atoms with Gasteiger partial charge in [-0.3, -0.25) is 0 Å². The fourth-order valence-electron chi connectivity index (χ4n) is 5.13. The molecule has 5 rings (SSSR count). The summed E-state index contributed by atoms with van der Waals surface area (Å²) in [4.78, 5) is 0. The van der Waals surface area contributed by atoms with Gasteiger partial charge >= 0.3 is 210 Å². The molecule has 0 bridgehead atoms. The van der Waals surface area contributed by atoms with Crippen molar-refractivity contribution in [1.29, 1.82) is 5.26 Å². The van der Waals surface area contributed by atoms with Crippen molar-refractivity contribution in [2.24, 2.45) is 0 Å². The molecule has 168 valence electrons. The topological polar surface area (TPSA) is 28.7 Å². The van der Waals surface area contributed by atoms with E-state index in [1.165, 1.54) is 27.0 Å². The van der Waals surface area contributed by atoms with Gasteiger partial charge in [-0.25, -0.2) is 0 Å². The van der Waals surface area contributed by atoms with E-state index in [0.29, 0.717) is 5.56 Å². The number of rotatable bonds is 6. The van der Waals surface area contributed by atoms with Gasteiger partial charge in [-0.1, -0.05) is 0 Å². The van der Waals surface area contributed by atoms with Crippen molar-refractivity contribution < 1.29 is 0 Å². The van der Waals surface area contributed by atoms with E-state index in [4.69, 9.17) is 0 Å². The molecule has 0 aliphatic rings. The summed E-state index contributed by atoms with van der Waals surface area (Å²) >= 11 is 4.57. The fraction of sp³-hybridized carbons (Fsp3) is 0.100. The van der Waals surface area contributed by atoms with Crippen LogP contribution in [0.15, 0.2) is 115 Å². The van der Waals surface area contributed by atoms with Crippen molar-refractivity contribution in [3.8, 4) is 6.07 Å². The molecule has 34 heavy (non-hydrogen) atoms. The Morgan fingerprint density at radius 1 is 0.735 bits per heavy atom. The number of halogens is 1. The van der Waals surface area contributed by atoms with Gasteiger partial charge < -0.3 is 0 Å². The first-order chi connectivity index (χ1) is 16.6. The zero-order valence-electron chi connectivity index (χ0n) is 19.1. The zero-order valence-corrected chi connectivity index (χ0v) is 21.6. The van der Waals surface area contributed by atoms with Crippen molar-refractivity contribution in [2.75, 3.05) is 0 Å². The number of aryl methyl sites for hydroxylation is 1. The van der Waals surface area contributed by atoms with Crippen LogP contribution in [0, 0.1) is 11.3 Å². The van der Waals surface area contributed by atoms with Crippen molar-refractivity contribution in [3.05, 3.63) is 127 Å². The minimum absolute atomic E-state index is 0.692.